The Kier molecular flexibility index (Phi) is 19.3. The minimum Gasteiger partial charge on any atom is -0.497 e. The predicted octanol–water partition coefficient (Wildman–Crippen LogP) is 20.5. The lowest BCUT2D eigenvalue weighted by molar-refractivity contribution is 0.111. The second-order valence-corrected chi connectivity index (χ2v) is 21.0. The Balaban J connectivity index is 0.000000185. The van der Waals surface area contributed by atoms with Gasteiger partial charge in [0.2, 0.25) is 0 Å². The number of para-hydroxylation sites is 8. The van der Waals surface area contributed by atoms with Crippen molar-refractivity contribution in [2.24, 2.45) is 0 Å². The molecule has 0 unspecified atom stereocenters. The lowest BCUT2D eigenvalue weighted by Crippen LogP contribution is -2.14. The highest BCUT2D eigenvalue weighted by Gasteiger charge is 2.22. The molecule has 0 atom stereocenters. The van der Waals surface area contributed by atoms with Gasteiger partial charge < -0.3 is 29.1 Å². The molecule has 0 heterocycles. The molecular weight excluding hydrogens is 1080 g/mol. The van der Waals surface area contributed by atoms with Crippen molar-refractivity contribution in [3.63, 3.8) is 0 Å². The van der Waals surface area contributed by atoms with Crippen LogP contribution in [0.1, 0.15) is 43.0 Å². The third kappa shape index (κ3) is 14.0. The van der Waals surface area contributed by atoms with Gasteiger partial charge in [0.25, 0.3) is 0 Å². The summed E-state index contributed by atoms with van der Waals surface area (Å²) in [6, 6.07) is 108. The van der Waals surface area contributed by atoms with E-state index in [1.54, 1.807) is 14.2 Å². The molecule has 0 radical (unpaired) electrons. The molecule has 0 N–H and O–H groups in total. The summed E-state index contributed by atoms with van der Waals surface area (Å²) in [5.74, 6) is 1.56. The molecule has 12 rings (SSSR count). The summed E-state index contributed by atoms with van der Waals surface area (Å²) >= 11 is 0. The SMILES string of the molecule is COc1ccc(N(c2ccc(C=O)cc2)c2ccccc2CCc2ccccc2N(c2ccc(C=O)cc2)c2ccc(OC)cc2)cc1.c1ccc(N(c2ccccc2)c2ccccc2CCc2ccccc2N(c2ccccc2)c2ccccc2)cc1. The Hall–Kier alpha value is -11.2. The van der Waals surface area contributed by atoms with Gasteiger partial charge in [0, 0.05) is 79.4 Å². The van der Waals surface area contributed by atoms with E-state index >= 15 is 0 Å². The van der Waals surface area contributed by atoms with Gasteiger partial charge in [-0.3, -0.25) is 9.59 Å². The molecule has 0 aliphatic heterocycles. The van der Waals surface area contributed by atoms with E-state index in [1.807, 2.05) is 97.1 Å². The monoisotopic (exact) mass is 1150 g/mol. The minimum absolute atomic E-state index is 0.625. The molecule has 12 aromatic rings. The maximum Gasteiger partial charge on any atom is 0.150 e. The fourth-order valence-electron chi connectivity index (χ4n) is 11.2. The lowest BCUT2D eigenvalue weighted by Gasteiger charge is -2.29. The Labute approximate surface area is 517 Å². The van der Waals surface area contributed by atoms with Gasteiger partial charge >= 0.3 is 0 Å². The zero-order valence-corrected chi connectivity index (χ0v) is 49.4. The molecule has 8 heteroatoms. The predicted molar refractivity (Wildman–Crippen MR) is 363 cm³/mol. The highest BCUT2D eigenvalue weighted by Crippen LogP contribution is 2.43. The topological polar surface area (TPSA) is 65.6 Å². The maximum absolute atomic E-state index is 11.4. The fourth-order valence-corrected chi connectivity index (χ4v) is 11.2. The molecule has 0 spiro atoms. The van der Waals surface area contributed by atoms with Crippen LogP contribution in [0.15, 0.2) is 315 Å². The van der Waals surface area contributed by atoms with Crippen LogP contribution in [-0.2, 0) is 25.7 Å². The molecule has 0 bridgehead atoms. The Morgan fingerprint density at radius 1 is 0.239 bits per heavy atom. The van der Waals surface area contributed by atoms with E-state index in [9.17, 15) is 9.59 Å². The zero-order valence-electron chi connectivity index (χ0n) is 49.4. The molecule has 12 aromatic carbocycles. The summed E-state index contributed by atoms with van der Waals surface area (Å²) in [7, 11) is 3.32. The number of aryl methyl sites for hydroxylation is 4. The first-order chi connectivity index (χ1) is 43.5. The summed E-state index contributed by atoms with van der Waals surface area (Å²) in [5.41, 5.74) is 19.2. The average Bonchev–Trinajstić information content (AvgIpc) is 3.11. The third-order valence-electron chi connectivity index (χ3n) is 15.6. The third-order valence-corrected chi connectivity index (χ3v) is 15.6. The number of nitrogens with zero attached hydrogens (tertiary/aromatic N) is 4. The van der Waals surface area contributed by atoms with Crippen molar-refractivity contribution in [2.75, 3.05) is 33.8 Å². The largest absolute Gasteiger partial charge is 0.497 e. The molecule has 88 heavy (non-hydrogen) atoms. The molecule has 0 fully saturated rings. The van der Waals surface area contributed by atoms with Gasteiger partial charge in [-0.25, -0.2) is 0 Å². The molecule has 0 saturated heterocycles. The van der Waals surface area contributed by atoms with E-state index < -0.39 is 0 Å². The number of methoxy groups -OCH3 is 2. The van der Waals surface area contributed by atoms with Crippen molar-refractivity contribution in [1.29, 1.82) is 0 Å². The average molecular weight is 1150 g/mol. The van der Waals surface area contributed by atoms with Crippen LogP contribution >= 0.6 is 0 Å². The van der Waals surface area contributed by atoms with Gasteiger partial charge in [-0.1, -0.05) is 146 Å². The zero-order chi connectivity index (χ0) is 60.3. The van der Waals surface area contributed by atoms with Crippen LogP contribution in [0.4, 0.5) is 68.2 Å². The number of hydrogen-bond donors (Lipinski definition) is 0. The molecule has 0 aliphatic carbocycles. The molecule has 0 saturated carbocycles. The summed E-state index contributed by atoms with van der Waals surface area (Å²) in [4.78, 5) is 32.0. The number of carbonyl (C=O) groups is 2. The number of aldehydes is 2. The van der Waals surface area contributed by atoms with Gasteiger partial charge in [0.1, 0.15) is 24.1 Å². The summed E-state index contributed by atoms with van der Waals surface area (Å²) in [6.45, 7) is 0. The first kappa shape index (κ1) is 58.5. The van der Waals surface area contributed by atoms with Crippen LogP contribution in [0, 0.1) is 0 Å². The molecule has 0 aromatic heterocycles. The fraction of sp³-hybridized carbons (Fsp3) is 0.0750. The van der Waals surface area contributed by atoms with E-state index in [4.69, 9.17) is 9.47 Å². The molecule has 432 valence electrons. The first-order valence-corrected chi connectivity index (χ1v) is 29.6. The summed E-state index contributed by atoms with van der Waals surface area (Å²) in [5, 5.41) is 0. The van der Waals surface area contributed by atoms with Gasteiger partial charge in [-0.05, 0) is 218 Å². The van der Waals surface area contributed by atoms with Crippen molar-refractivity contribution < 1.29 is 19.1 Å². The van der Waals surface area contributed by atoms with Crippen LogP contribution in [0.25, 0.3) is 0 Å². The Bertz CT molecular complexity index is 3800. The van der Waals surface area contributed by atoms with Crippen molar-refractivity contribution >= 4 is 80.8 Å². The number of ether oxygens (including phenoxy) is 2. The maximum atomic E-state index is 11.4. The summed E-state index contributed by atoms with van der Waals surface area (Å²) < 4.78 is 10.9. The summed E-state index contributed by atoms with van der Waals surface area (Å²) in [6.07, 6.45) is 5.10. The number of benzene rings is 12. The van der Waals surface area contributed by atoms with E-state index in [0.717, 1.165) is 107 Å². The smallest absolute Gasteiger partial charge is 0.150 e. The Morgan fingerprint density at radius 2 is 0.432 bits per heavy atom. The standard InChI is InChI=1S/C42H36N2O4.C38H32N2/c1-47-39-25-21-37(22-26-39)43(35-17-11-31(29-45)12-18-35)41-9-5-3-7-33(41)15-16-34-8-4-6-10-42(34)44(36-19-13-32(30-46)14-20-36)38-23-27-40(48-2)28-24-38;1-5-19-33(20-6-1)39(34-21-7-2-8-22-34)37-27-15-13-17-31(37)29-30-32-18-14-16-28-38(32)40(35-23-9-3-10-24-35)36-25-11-4-12-26-36/h3-14,17-30H,15-16H2,1-2H3;1-28H,29-30H2. The highest BCUT2D eigenvalue weighted by atomic mass is 16.5. The lowest BCUT2D eigenvalue weighted by atomic mass is 9.99. The van der Waals surface area contributed by atoms with Crippen molar-refractivity contribution in [3.8, 4) is 11.5 Å². The van der Waals surface area contributed by atoms with E-state index in [2.05, 4.69) is 238 Å². The normalized spacial score (nSPS) is 10.7. The van der Waals surface area contributed by atoms with Crippen molar-refractivity contribution in [2.45, 2.75) is 25.7 Å². The van der Waals surface area contributed by atoms with Gasteiger partial charge in [-0.15, -0.1) is 0 Å². The molecular formula is C80H68N4O4. The van der Waals surface area contributed by atoms with E-state index in [1.165, 1.54) is 33.6 Å². The number of carbonyl (C=O) groups excluding carboxylic acids is 2. The number of rotatable bonds is 22. The van der Waals surface area contributed by atoms with E-state index in [-0.39, 0.29) is 0 Å². The van der Waals surface area contributed by atoms with Crippen LogP contribution in [0.5, 0.6) is 11.5 Å². The molecule has 8 nitrogen and oxygen atoms in total. The van der Waals surface area contributed by atoms with E-state index in [0.29, 0.717) is 11.1 Å². The van der Waals surface area contributed by atoms with Crippen molar-refractivity contribution in [1.82, 2.24) is 0 Å². The van der Waals surface area contributed by atoms with Gasteiger partial charge in [0.15, 0.2) is 0 Å². The van der Waals surface area contributed by atoms with Gasteiger partial charge in [0.05, 0.1) is 14.2 Å². The quantitative estimate of drug-likeness (QED) is 0.0622. The second kappa shape index (κ2) is 29.0. The number of anilines is 12. The van der Waals surface area contributed by atoms with Crippen molar-refractivity contribution in [3.05, 3.63) is 349 Å². The first-order valence-electron chi connectivity index (χ1n) is 29.6. The second-order valence-electron chi connectivity index (χ2n) is 21.0. The Morgan fingerprint density at radius 3 is 0.648 bits per heavy atom. The molecule has 0 aliphatic rings. The van der Waals surface area contributed by atoms with Crippen LogP contribution < -0.4 is 29.1 Å². The van der Waals surface area contributed by atoms with Crippen LogP contribution in [0.2, 0.25) is 0 Å². The highest BCUT2D eigenvalue weighted by molar-refractivity contribution is 5.85. The number of hydrogen-bond acceptors (Lipinski definition) is 8. The van der Waals surface area contributed by atoms with Crippen LogP contribution in [-0.4, -0.2) is 26.8 Å². The minimum atomic E-state index is 0.625. The van der Waals surface area contributed by atoms with Gasteiger partial charge in [-0.2, -0.15) is 0 Å². The van der Waals surface area contributed by atoms with Crippen LogP contribution in [0.3, 0.4) is 0 Å². The molecule has 0 amide bonds.